The summed E-state index contributed by atoms with van der Waals surface area (Å²) in [5.74, 6) is 0.896. The Bertz CT molecular complexity index is 516. The van der Waals surface area contributed by atoms with Crippen LogP contribution in [0.2, 0.25) is 0 Å². The van der Waals surface area contributed by atoms with E-state index < -0.39 is 0 Å². The lowest BCUT2D eigenvalue weighted by Crippen LogP contribution is -2.35. The lowest BCUT2D eigenvalue weighted by molar-refractivity contribution is 0.0812. The number of benzene rings is 1. The minimum Gasteiger partial charge on any atom is -0.486 e. The number of nitrogens with zero attached hydrogens (tertiary/aromatic N) is 2. The van der Waals surface area contributed by atoms with Crippen LogP contribution in [0.15, 0.2) is 23.4 Å². The predicted octanol–water partition coefficient (Wildman–Crippen LogP) is 0.276. The van der Waals surface area contributed by atoms with E-state index >= 15 is 0 Å². The summed E-state index contributed by atoms with van der Waals surface area (Å²) in [6.07, 6.45) is 0. The molecule has 0 fully saturated rings. The molecular weight excluding hydrogens is 250 g/mol. The molecule has 102 valence electrons. The van der Waals surface area contributed by atoms with Gasteiger partial charge in [0.25, 0.3) is 5.91 Å². The van der Waals surface area contributed by atoms with Gasteiger partial charge in [-0.25, -0.2) is 0 Å². The van der Waals surface area contributed by atoms with Gasteiger partial charge < -0.3 is 25.3 Å². The van der Waals surface area contributed by atoms with E-state index in [4.69, 9.17) is 20.4 Å². The Morgan fingerprint density at radius 1 is 1.42 bits per heavy atom. The first kappa shape index (κ1) is 13.0. The number of fused-ring (bicyclic) bond motifs is 1. The number of amides is 1. The van der Waals surface area contributed by atoms with Gasteiger partial charge in [-0.2, -0.15) is 0 Å². The fourth-order valence-corrected chi connectivity index (χ4v) is 1.74. The number of hydrogen-bond donors (Lipinski definition) is 2. The monoisotopic (exact) mass is 265 g/mol. The average Bonchev–Trinajstić information content (AvgIpc) is 2.45. The van der Waals surface area contributed by atoms with E-state index in [9.17, 15) is 4.79 Å². The van der Waals surface area contributed by atoms with Crippen LogP contribution in [0.25, 0.3) is 0 Å². The Morgan fingerprint density at radius 2 is 2.11 bits per heavy atom. The van der Waals surface area contributed by atoms with E-state index in [1.165, 1.54) is 4.90 Å². The average molecular weight is 265 g/mol. The van der Waals surface area contributed by atoms with Gasteiger partial charge in [-0.1, -0.05) is 5.16 Å². The summed E-state index contributed by atoms with van der Waals surface area (Å²) in [5.41, 5.74) is 5.82. The Hall–Kier alpha value is -2.44. The van der Waals surface area contributed by atoms with Crippen LogP contribution in [0.5, 0.6) is 11.5 Å². The summed E-state index contributed by atoms with van der Waals surface area (Å²) in [6, 6.07) is 4.97. The lowest BCUT2D eigenvalue weighted by atomic mass is 10.1. The van der Waals surface area contributed by atoms with Crippen molar-refractivity contribution in [3.05, 3.63) is 23.8 Å². The molecule has 7 heteroatoms. The zero-order valence-electron chi connectivity index (χ0n) is 10.5. The smallest absolute Gasteiger partial charge is 0.254 e. The Labute approximate surface area is 110 Å². The maximum atomic E-state index is 12.1. The largest absolute Gasteiger partial charge is 0.486 e. The molecule has 0 spiro atoms. The molecular formula is C12H15N3O4. The van der Waals surface area contributed by atoms with Gasteiger partial charge >= 0.3 is 0 Å². The number of nitrogens with two attached hydrogens (primary N) is 1. The zero-order valence-corrected chi connectivity index (χ0v) is 10.5. The number of oxime groups is 1. The van der Waals surface area contributed by atoms with Crippen LogP contribution < -0.4 is 15.2 Å². The van der Waals surface area contributed by atoms with E-state index in [1.807, 2.05) is 0 Å². The number of carbonyl (C=O) groups excluding carboxylic acids is 1. The van der Waals surface area contributed by atoms with Crippen LogP contribution in [-0.4, -0.2) is 48.7 Å². The number of hydrogen-bond acceptors (Lipinski definition) is 5. The molecule has 1 aliphatic rings. The molecule has 0 unspecified atom stereocenters. The molecule has 0 aromatic heterocycles. The van der Waals surface area contributed by atoms with Crippen LogP contribution in [0.4, 0.5) is 0 Å². The van der Waals surface area contributed by atoms with Crippen molar-refractivity contribution in [2.24, 2.45) is 10.9 Å². The summed E-state index contributed by atoms with van der Waals surface area (Å²) >= 11 is 0. The van der Waals surface area contributed by atoms with Gasteiger partial charge in [0.2, 0.25) is 0 Å². The van der Waals surface area contributed by atoms with Crippen LogP contribution in [0.1, 0.15) is 10.4 Å². The third kappa shape index (κ3) is 2.87. The molecule has 0 aliphatic carbocycles. The highest BCUT2D eigenvalue weighted by Crippen LogP contribution is 2.30. The van der Waals surface area contributed by atoms with Crippen molar-refractivity contribution < 1.29 is 19.5 Å². The lowest BCUT2D eigenvalue weighted by Gasteiger charge is -2.20. The van der Waals surface area contributed by atoms with E-state index in [0.29, 0.717) is 30.3 Å². The van der Waals surface area contributed by atoms with Gasteiger partial charge in [-0.15, -0.1) is 0 Å². The fourth-order valence-electron chi connectivity index (χ4n) is 1.74. The number of rotatable bonds is 3. The maximum Gasteiger partial charge on any atom is 0.254 e. The van der Waals surface area contributed by atoms with E-state index in [-0.39, 0.29) is 18.3 Å². The van der Waals surface area contributed by atoms with Crippen molar-refractivity contribution in [1.29, 1.82) is 0 Å². The standard InChI is InChI=1S/C12H15N3O4/c1-15(7-11(13)14-17)12(16)8-2-3-9-10(6-8)19-5-4-18-9/h2-3,6,17H,4-5,7H2,1H3,(H2,13,14). The third-order valence-corrected chi connectivity index (χ3v) is 2.66. The van der Waals surface area contributed by atoms with Crippen molar-refractivity contribution in [3.63, 3.8) is 0 Å². The second-order valence-corrected chi connectivity index (χ2v) is 4.11. The second-order valence-electron chi connectivity index (χ2n) is 4.11. The number of amidine groups is 1. The molecule has 19 heavy (non-hydrogen) atoms. The molecule has 3 N–H and O–H groups in total. The van der Waals surface area contributed by atoms with Crippen molar-refractivity contribution in [3.8, 4) is 11.5 Å². The summed E-state index contributed by atoms with van der Waals surface area (Å²) in [7, 11) is 1.57. The molecule has 1 aromatic carbocycles. The van der Waals surface area contributed by atoms with Crippen molar-refractivity contribution >= 4 is 11.7 Å². The summed E-state index contributed by atoms with van der Waals surface area (Å²) in [5, 5.41) is 11.3. The fraction of sp³-hybridized carbons (Fsp3) is 0.333. The molecule has 7 nitrogen and oxygen atoms in total. The number of ether oxygens (including phenoxy) is 2. The minimum absolute atomic E-state index is 0.0339. The van der Waals surface area contributed by atoms with E-state index in [0.717, 1.165) is 0 Å². The quantitative estimate of drug-likeness (QED) is 0.354. The molecule has 1 aliphatic heterocycles. The SMILES string of the molecule is CN(CC(N)=NO)C(=O)c1ccc2c(c1)OCCO2. The molecule has 0 saturated carbocycles. The first-order valence-corrected chi connectivity index (χ1v) is 5.73. The van der Waals surface area contributed by atoms with Crippen molar-refractivity contribution in [2.45, 2.75) is 0 Å². The minimum atomic E-state index is -0.247. The van der Waals surface area contributed by atoms with Gasteiger partial charge in [0.1, 0.15) is 13.2 Å². The first-order chi connectivity index (χ1) is 9.11. The van der Waals surface area contributed by atoms with Crippen molar-refractivity contribution in [2.75, 3.05) is 26.8 Å². The molecule has 1 heterocycles. The van der Waals surface area contributed by atoms with Gasteiger partial charge in [0.15, 0.2) is 17.3 Å². The van der Waals surface area contributed by atoms with Crippen molar-refractivity contribution in [1.82, 2.24) is 4.90 Å². The normalized spacial score (nSPS) is 14.1. The topological polar surface area (TPSA) is 97.4 Å². The molecule has 0 bridgehead atoms. The van der Waals surface area contributed by atoms with Gasteiger partial charge in [0.05, 0.1) is 6.54 Å². The molecule has 0 radical (unpaired) electrons. The highest BCUT2D eigenvalue weighted by Gasteiger charge is 2.17. The molecule has 0 atom stereocenters. The highest BCUT2D eigenvalue weighted by atomic mass is 16.6. The van der Waals surface area contributed by atoms with E-state index in [1.54, 1.807) is 25.2 Å². The molecule has 1 aromatic rings. The zero-order chi connectivity index (χ0) is 13.8. The van der Waals surface area contributed by atoms with Crippen LogP contribution in [-0.2, 0) is 0 Å². The summed E-state index contributed by atoms with van der Waals surface area (Å²) in [4.78, 5) is 13.5. The Morgan fingerprint density at radius 3 is 2.79 bits per heavy atom. The predicted molar refractivity (Wildman–Crippen MR) is 67.8 cm³/mol. The Balaban J connectivity index is 2.15. The van der Waals surface area contributed by atoms with Gasteiger partial charge in [-0.05, 0) is 18.2 Å². The molecule has 0 saturated heterocycles. The molecule has 1 amide bonds. The second kappa shape index (κ2) is 5.47. The molecule has 2 rings (SSSR count). The van der Waals surface area contributed by atoms with Crippen LogP contribution >= 0.6 is 0 Å². The maximum absolute atomic E-state index is 12.1. The number of likely N-dealkylation sites (N-methyl/N-ethyl adjacent to an activating group) is 1. The summed E-state index contributed by atoms with van der Waals surface area (Å²) in [6.45, 7) is 1.01. The van der Waals surface area contributed by atoms with Crippen LogP contribution in [0.3, 0.4) is 0 Å². The van der Waals surface area contributed by atoms with Gasteiger partial charge in [-0.3, -0.25) is 4.79 Å². The first-order valence-electron chi connectivity index (χ1n) is 5.73. The Kier molecular flexibility index (Phi) is 3.74. The van der Waals surface area contributed by atoms with Gasteiger partial charge in [0, 0.05) is 12.6 Å². The van der Waals surface area contributed by atoms with Crippen LogP contribution in [0, 0.1) is 0 Å². The highest BCUT2D eigenvalue weighted by molar-refractivity contribution is 5.97. The third-order valence-electron chi connectivity index (χ3n) is 2.66. The summed E-state index contributed by atoms with van der Waals surface area (Å²) < 4.78 is 10.8. The van der Waals surface area contributed by atoms with E-state index in [2.05, 4.69) is 5.16 Å². The number of carbonyl (C=O) groups is 1.